The van der Waals surface area contributed by atoms with Crippen LogP contribution in [0.15, 0.2) is 48.5 Å². The molecule has 0 heterocycles. The van der Waals surface area contributed by atoms with Gasteiger partial charge in [0, 0.05) is 18.5 Å². The third-order valence-electron chi connectivity index (χ3n) is 4.21. The normalized spacial score (nSPS) is 13.8. The van der Waals surface area contributed by atoms with Crippen LogP contribution in [-0.4, -0.2) is 20.3 Å². The summed E-state index contributed by atoms with van der Waals surface area (Å²) in [4.78, 5) is 0. The SMILES string of the molecule is COc1cccc(CNCC2CC2)c1OCCc1ccccc1. The van der Waals surface area contributed by atoms with E-state index in [9.17, 15) is 0 Å². The van der Waals surface area contributed by atoms with Gasteiger partial charge < -0.3 is 14.8 Å². The third-order valence-corrected chi connectivity index (χ3v) is 4.21. The summed E-state index contributed by atoms with van der Waals surface area (Å²) in [6, 6.07) is 16.5. The zero-order valence-electron chi connectivity index (χ0n) is 13.8. The molecule has 3 rings (SSSR count). The Morgan fingerprint density at radius 3 is 2.61 bits per heavy atom. The van der Waals surface area contributed by atoms with E-state index in [2.05, 4.69) is 35.6 Å². The molecule has 1 saturated carbocycles. The van der Waals surface area contributed by atoms with E-state index in [0.717, 1.165) is 42.5 Å². The van der Waals surface area contributed by atoms with Crippen molar-refractivity contribution in [3.05, 3.63) is 59.7 Å². The summed E-state index contributed by atoms with van der Waals surface area (Å²) in [7, 11) is 1.70. The van der Waals surface area contributed by atoms with Gasteiger partial charge in [0.2, 0.25) is 0 Å². The molecular weight excluding hydrogens is 286 g/mol. The van der Waals surface area contributed by atoms with Crippen LogP contribution >= 0.6 is 0 Å². The third kappa shape index (κ3) is 4.73. The molecular formula is C20H25NO2. The molecule has 0 radical (unpaired) electrons. The average Bonchev–Trinajstić information content (AvgIpc) is 3.41. The quantitative estimate of drug-likeness (QED) is 0.764. The van der Waals surface area contributed by atoms with Gasteiger partial charge in [-0.05, 0) is 36.9 Å². The van der Waals surface area contributed by atoms with E-state index in [1.807, 2.05) is 18.2 Å². The van der Waals surface area contributed by atoms with Crippen molar-refractivity contribution in [1.82, 2.24) is 5.32 Å². The Bertz CT molecular complexity index is 608. The van der Waals surface area contributed by atoms with Gasteiger partial charge >= 0.3 is 0 Å². The summed E-state index contributed by atoms with van der Waals surface area (Å²) in [5.41, 5.74) is 2.45. The lowest BCUT2D eigenvalue weighted by Gasteiger charge is -2.15. The second kappa shape index (κ2) is 8.02. The van der Waals surface area contributed by atoms with Gasteiger partial charge in [-0.3, -0.25) is 0 Å². The van der Waals surface area contributed by atoms with Gasteiger partial charge in [-0.25, -0.2) is 0 Å². The molecule has 0 unspecified atom stereocenters. The van der Waals surface area contributed by atoms with Gasteiger partial charge in [-0.15, -0.1) is 0 Å². The second-order valence-electron chi connectivity index (χ2n) is 6.11. The molecule has 23 heavy (non-hydrogen) atoms. The molecule has 1 aliphatic carbocycles. The van der Waals surface area contributed by atoms with Crippen LogP contribution in [0, 0.1) is 5.92 Å². The molecule has 0 spiro atoms. The molecule has 0 aliphatic heterocycles. The number of para-hydroxylation sites is 1. The lowest BCUT2D eigenvalue weighted by atomic mass is 10.1. The lowest BCUT2D eigenvalue weighted by molar-refractivity contribution is 0.293. The first-order valence-corrected chi connectivity index (χ1v) is 8.40. The molecule has 0 atom stereocenters. The smallest absolute Gasteiger partial charge is 0.165 e. The first-order valence-electron chi connectivity index (χ1n) is 8.40. The van der Waals surface area contributed by atoms with Crippen LogP contribution in [0.2, 0.25) is 0 Å². The highest BCUT2D eigenvalue weighted by Gasteiger charge is 2.20. The number of hydrogen-bond donors (Lipinski definition) is 1. The van der Waals surface area contributed by atoms with E-state index < -0.39 is 0 Å². The lowest BCUT2D eigenvalue weighted by Crippen LogP contribution is -2.17. The molecule has 0 bridgehead atoms. The number of rotatable bonds is 9. The molecule has 2 aromatic rings. The maximum absolute atomic E-state index is 6.07. The number of methoxy groups -OCH3 is 1. The minimum atomic E-state index is 0.653. The number of benzene rings is 2. The van der Waals surface area contributed by atoms with Crippen LogP contribution in [0.4, 0.5) is 0 Å². The Kier molecular flexibility index (Phi) is 5.54. The van der Waals surface area contributed by atoms with Crippen molar-refractivity contribution >= 4 is 0 Å². The Morgan fingerprint density at radius 2 is 1.87 bits per heavy atom. The summed E-state index contributed by atoms with van der Waals surface area (Å²) < 4.78 is 11.5. The predicted molar refractivity (Wildman–Crippen MR) is 93.1 cm³/mol. The highest BCUT2D eigenvalue weighted by Crippen LogP contribution is 2.32. The van der Waals surface area contributed by atoms with E-state index >= 15 is 0 Å². The van der Waals surface area contributed by atoms with Crippen LogP contribution in [0.3, 0.4) is 0 Å². The molecule has 1 fully saturated rings. The molecule has 122 valence electrons. The number of hydrogen-bond acceptors (Lipinski definition) is 3. The van der Waals surface area contributed by atoms with Crippen molar-refractivity contribution in [3.8, 4) is 11.5 Å². The van der Waals surface area contributed by atoms with Crippen LogP contribution in [-0.2, 0) is 13.0 Å². The Balaban J connectivity index is 1.60. The number of nitrogens with one attached hydrogen (secondary N) is 1. The molecule has 0 saturated heterocycles. The van der Waals surface area contributed by atoms with Crippen molar-refractivity contribution in [2.75, 3.05) is 20.3 Å². The molecule has 2 aromatic carbocycles. The van der Waals surface area contributed by atoms with Gasteiger partial charge in [-0.1, -0.05) is 42.5 Å². The summed E-state index contributed by atoms with van der Waals surface area (Å²) in [6.07, 6.45) is 3.63. The van der Waals surface area contributed by atoms with E-state index in [1.165, 1.54) is 18.4 Å². The molecule has 1 N–H and O–H groups in total. The van der Waals surface area contributed by atoms with Crippen LogP contribution in [0.25, 0.3) is 0 Å². The highest BCUT2D eigenvalue weighted by molar-refractivity contribution is 5.46. The van der Waals surface area contributed by atoms with Gasteiger partial charge in [0.15, 0.2) is 11.5 Å². The van der Waals surface area contributed by atoms with E-state index in [-0.39, 0.29) is 0 Å². The van der Waals surface area contributed by atoms with Gasteiger partial charge in [-0.2, -0.15) is 0 Å². The molecule has 0 aromatic heterocycles. The first-order chi connectivity index (χ1) is 11.4. The largest absolute Gasteiger partial charge is 0.493 e. The van der Waals surface area contributed by atoms with Crippen LogP contribution in [0.5, 0.6) is 11.5 Å². The Hall–Kier alpha value is -2.00. The van der Waals surface area contributed by atoms with E-state index in [4.69, 9.17) is 9.47 Å². The standard InChI is InChI=1S/C20H25NO2/c1-22-19-9-5-8-18(15-21-14-17-10-11-17)20(19)23-13-12-16-6-3-2-4-7-16/h2-9,17,21H,10-15H2,1H3. The van der Waals surface area contributed by atoms with Crippen molar-refractivity contribution in [2.45, 2.75) is 25.8 Å². The summed E-state index contributed by atoms with van der Waals surface area (Å²) in [6.45, 7) is 2.58. The van der Waals surface area contributed by atoms with E-state index in [0.29, 0.717) is 6.61 Å². The zero-order valence-corrected chi connectivity index (χ0v) is 13.8. The van der Waals surface area contributed by atoms with Gasteiger partial charge in [0.25, 0.3) is 0 Å². The molecule has 3 nitrogen and oxygen atoms in total. The topological polar surface area (TPSA) is 30.5 Å². The van der Waals surface area contributed by atoms with Gasteiger partial charge in [0.05, 0.1) is 13.7 Å². The van der Waals surface area contributed by atoms with Crippen molar-refractivity contribution in [3.63, 3.8) is 0 Å². The monoisotopic (exact) mass is 311 g/mol. The summed E-state index contributed by atoms with van der Waals surface area (Å²) in [5, 5.41) is 3.53. The minimum Gasteiger partial charge on any atom is -0.493 e. The van der Waals surface area contributed by atoms with Gasteiger partial charge in [0.1, 0.15) is 0 Å². The highest BCUT2D eigenvalue weighted by atomic mass is 16.5. The fourth-order valence-electron chi connectivity index (χ4n) is 2.67. The second-order valence-corrected chi connectivity index (χ2v) is 6.11. The minimum absolute atomic E-state index is 0.653. The molecule has 0 amide bonds. The average molecular weight is 311 g/mol. The Morgan fingerprint density at radius 1 is 1.04 bits per heavy atom. The Labute approximate surface area is 138 Å². The fourth-order valence-corrected chi connectivity index (χ4v) is 2.67. The fraction of sp³-hybridized carbons (Fsp3) is 0.400. The van der Waals surface area contributed by atoms with Crippen molar-refractivity contribution in [1.29, 1.82) is 0 Å². The van der Waals surface area contributed by atoms with Crippen LogP contribution < -0.4 is 14.8 Å². The summed E-state index contributed by atoms with van der Waals surface area (Å²) in [5.74, 6) is 2.56. The van der Waals surface area contributed by atoms with E-state index in [1.54, 1.807) is 7.11 Å². The summed E-state index contributed by atoms with van der Waals surface area (Å²) >= 11 is 0. The predicted octanol–water partition coefficient (Wildman–Crippen LogP) is 3.82. The maximum atomic E-state index is 6.07. The van der Waals surface area contributed by atoms with Crippen molar-refractivity contribution in [2.24, 2.45) is 5.92 Å². The number of ether oxygens (including phenoxy) is 2. The zero-order chi connectivity index (χ0) is 15.9. The molecule has 3 heteroatoms. The first kappa shape index (κ1) is 15.9. The van der Waals surface area contributed by atoms with Crippen LogP contribution in [0.1, 0.15) is 24.0 Å². The molecule has 1 aliphatic rings. The van der Waals surface area contributed by atoms with Crippen molar-refractivity contribution < 1.29 is 9.47 Å². The maximum Gasteiger partial charge on any atom is 0.165 e.